The van der Waals surface area contributed by atoms with Gasteiger partial charge in [-0.1, -0.05) is 6.92 Å². The van der Waals surface area contributed by atoms with Gasteiger partial charge in [0.05, 0.1) is 6.10 Å². The highest BCUT2D eigenvalue weighted by molar-refractivity contribution is 4.73. The Morgan fingerprint density at radius 1 is 1.44 bits per heavy atom. The van der Waals surface area contributed by atoms with E-state index in [1.165, 1.54) is 6.42 Å². The third-order valence-electron chi connectivity index (χ3n) is 1.86. The molecule has 0 aromatic rings. The molecule has 0 bridgehead atoms. The molecule has 1 rings (SSSR count). The summed E-state index contributed by atoms with van der Waals surface area (Å²) in [6, 6.07) is 0. The van der Waals surface area contributed by atoms with Gasteiger partial charge in [0.1, 0.15) is 0 Å². The lowest BCUT2D eigenvalue weighted by Crippen LogP contribution is -2.39. The molecule has 54 valence electrons. The standard InChI is InChI=1S/C7H15NO/c1-6-3-7(9-2)5-8-4-6/h6-8H,3-5H2,1-2H3/t6?,7-/m1/s1. The molecule has 2 atom stereocenters. The first-order valence-corrected chi connectivity index (χ1v) is 3.56. The van der Waals surface area contributed by atoms with Gasteiger partial charge in [-0.3, -0.25) is 0 Å². The Labute approximate surface area is 56.6 Å². The summed E-state index contributed by atoms with van der Waals surface area (Å²) < 4.78 is 5.20. The molecule has 1 aliphatic heterocycles. The van der Waals surface area contributed by atoms with Crippen molar-refractivity contribution in [2.24, 2.45) is 5.92 Å². The van der Waals surface area contributed by atoms with E-state index >= 15 is 0 Å². The van der Waals surface area contributed by atoms with Gasteiger partial charge in [-0.05, 0) is 18.9 Å². The number of ether oxygens (including phenoxy) is 1. The van der Waals surface area contributed by atoms with Gasteiger partial charge in [0.25, 0.3) is 0 Å². The second-order valence-corrected chi connectivity index (χ2v) is 2.86. The first-order chi connectivity index (χ1) is 4.33. The van der Waals surface area contributed by atoms with E-state index in [9.17, 15) is 0 Å². The Kier molecular flexibility index (Phi) is 2.49. The van der Waals surface area contributed by atoms with Gasteiger partial charge in [0.15, 0.2) is 0 Å². The Morgan fingerprint density at radius 3 is 2.67 bits per heavy atom. The van der Waals surface area contributed by atoms with Crippen molar-refractivity contribution < 1.29 is 4.74 Å². The molecule has 1 saturated heterocycles. The zero-order valence-electron chi connectivity index (χ0n) is 6.18. The summed E-state index contributed by atoms with van der Waals surface area (Å²) >= 11 is 0. The van der Waals surface area contributed by atoms with Gasteiger partial charge in [-0.25, -0.2) is 0 Å². The average Bonchev–Trinajstić information content (AvgIpc) is 1.88. The summed E-state index contributed by atoms with van der Waals surface area (Å²) in [6.07, 6.45) is 1.66. The number of methoxy groups -OCH3 is 1. The Bertz CT molecular complexity index is 85.0. The molecule has 9 heavy (non-hydrogen) atoms. The molecule has 1 N–H and O–H groups in total. The second kappa shape index (κ2) is 3.18. The molecule has 2 heteroatoms. The molecule has 0 aliphatic carbocycles. The van der Waals surface area contributed by atoms with E-state index in [2.05, 4.69) is 12.2 Å². The zero-order chi connectivity index (χ0) is 6.69. The molecule has 0 spiro atoms. The summed E-state index contributed by atoms with van der Waals surface area (Å²) in [5, 5.41) is 3.31. The first kappa shape index (κ1) is 7.03. The molecule has 1 aliphatic rings. The van der Waals surface area contributed by atoms with Crippen molar-refractivity contribution in [3.05, 3.63) is 0 Å². The summed E-state index contributed by atoms with van der Waals surface area (Å²) in [5.74, 6) is 0.781. The molecule has 0 radical (unpaired) electrons. The maximum absolute atomic E-state index is 5.20. The van der Waals surface area contributed by atoms with E-state index in [4.69, 9.17) is 4.74 Å². The van der Waals surface area contributed by atoms with Crippen molar-refractivity contribution in [1.82, 2.24) is 5.32 Å². The predicted molar refractivity (Wildman–Crippen MR) is 37.4 cm³/mol. The lowest BCUT2D eigenvalue weighted by atomic mass is 10.00. The summed E-state index contributed by atoms with van der Waals surface area (Å²) in [4.78, 5) is 0. The van der Waals surface area contributed by atoms with E-state index < -0.39 is 0 Å². The molecule has 2 nitrogen and oxygen atoms in total. The monoisotopic (exact) mass is 129 g/mol. The number of hydrogen-bond donors (Lipinski definition) is 1. The Hall–Kier alpha value is -0.0800. The fourth-order valence-corrected chi connectivity index (χ4v) is 1.29. The van der Waals surface area contributed by atoms with Crippen LogP contribution in [0.15, 0.2) is 0 Å². The van der Waals surface area contributed by atoms with Crippen molar-refractivity contribution in [1.29, 1.82) is 0 Å². The molecule has 1 heterocycles. The lowest BCUT2D eigenvalue weighted by molar-refractivity contribution is 0.0650. The van der Waals surface area contributed by atoms with Crippen molar-refractivity contribution in [3.8, 4) is 0 Å². The highest BCUT2D eigenvalue weighted by Gasteiger charge is 2.16. The fraction of sp³-hybridized carbons (Fsp3) is 1.00. The van der Waals surface area contributed by atoms with Crippen LogP contribution in [0.4, 0.5) is 0 Å². The van der Waals surface area contributed by atoms with Crippen LogP contribution >= 0.6 is 0 Å². The number of piperidine rings is 1. The van der Waals surface area contributed by atoms with Crippen molar-refractivity contribution in [2.75, 3.05) is 20.2 Å². The highest BCUT2D eigenvalue weighted by atomic mass is 16.5. The quantitative estimate of drug-likeness (QED) is 0.560. The van der Waals surface area contributed by atoms with Gasteiger partial charge in [0, 0.05) is 13.7 Å². The Balaban J connectivity index is 2.23. The van der Waals surface area contributed by atoms with E-state index in [1.807, 2.05) is 0 Å². The molecule has 1 fully saturated rings. The zero-order valence-corrected chi connectivity index (χ0v) is 6.18. The van der Waals surface area contributed by atoms with Crippen molar-refractivity contribution in [2.45, 2.75) is 19.4 Å². The van der Waals surface area contributed by atoms with Gasteiger partial charge >= 0.3 is 0 Å². The maximum Gasteiger partial charge on any atom is 0.0698 e. The van der Waals surface area contributed by atoms with E-state index in [0.717, 1.165) is 19.0 Å². The molecular weight excluding hydrogens is 114 g/mol. The second-order valence-electron chi connectivity index (χ2n) is 2.86. The third kappa shape index (κ3) is 1.95. The van der Waals surface area contributed by atoms with E-state index in [-0.39, 0.29) is 0 Å². The van der Waals surface area contributed by atoms with Crippen LogP contribution < -0.4 is 5.32 Å². The molecule has 1 unspecified atom stereocenters. The van der Waals surface area contributed by atoms with Crippen LogP contribution in [0.25, 0.3) is 0 Å². The third-order valence-corrected chi connectivity index (χ3v) is 1.86. The van der Waals surface area contributed by atoms with Gasteiger partial charge in [-0.15, -0.1) is 0 Å². The van der Waals surface area contributed by atoms with Gasteiger partial charge in [-0.2, -0.15) is 0 Å². The molecule has 0 amide bonds. The summed E-state index contributed by atoms with van der Waals surface area (Å²) in [6.45, 7) is 4.43. The molecular formula is C7H15NO. The van der Waals surface area contributed by atoms with Crippen LogP contribution in [-0.4, -0.2) is 26.3 Å². The van der Waals surface area contributed by atoms with Crippen LogP contribution in [-0.2, 0) is 4.74 Å². The van der Waals surface area contributed by atoms with Crippen LogP contribution in [0, 0.1) is 5.92 Å². The maximum atomic E-state index is 5.20. The number of nitrogens with one attached hydrogen (secondary N) is 1. The summed E-state index contributed by atoms with van der Waals surface area (Å²) in [7, 11) is 1.78. The SMILES string of the molecule is CO[C@H]1CNCC(C)C1. The van der Waals surface area contributed by atoms with Crippen LogP contribution in [0.2, 0.25) is 0 Å². The van der Waals surface area contributed by atoms with Crippen LogP contribution in [0.1, 0.15) is 13.3 Å². The minimum Gasteiger partial charge on any atom is -0.380 e. The topological polar surface area (TPSA) is 21.3 Å². The minimum absolute atomic E-state index is 0.453. The molecule has 0 aromatic carbocycles. The number of hydrogen-bond acceptors (Lipinski definition) is 2. The predicted octanol–water partition coefficient (Wildman–Crippen LogP) is 0.631. The largest absolute Gasteiger partial charge is 0.380 e. The van der Waals surface area contributed by atoms with Crippen LogP contribution in [0.3, 0.4) is 0 Å². The summed E-state index contributed by atoms with van der Waals surface area (Å²) in [5.41, 5.74) is 0. The average molecular weight is 129 g/mol. The number of rotatable bonds is 1. The minimum atomic E-state index is 0.453. The lowest BCUT2D eigenvalue weighted by Gasteiger charge is -2.26. The molecule has 0 saturated carbocycles. The van der Waals surface area contributed by atoms with E-state index in [0.29, 0.717) is 6.10 Å². The smallest absolute Gasteiger partial charge is 0.0698 e. The normalized spacial score (nSPS) is 36.7. The highest BCUT2D eigenvalue weighted by Crippen LogP contribution is 2.10. The Morgan fingerprint density at radius 2 is 2.22 bits per heavy atom. The van der Waals surface area contributed by atoms with Crippen LogP contribution in [0.5, 0.6) is 0 Å². The van der Waals surface area contributed by atoms with Gasteiger partial charge in [0.2, 0.25) is 0 Å². The van der Waals surface area contributed by atoms with Crippen molar-refractivity contribution >= 4 is 0 Å². The van der Waals surface area contributed by atoms with Crippen molar-refractivity contribution in [3.63, 3.8) is 0 Å². The first-order valence-electron chi connectivity index (χ1n) is 3.56. The van der Waals surface area contributed by atoms with E-state index in [1.54, 1.807) is 7.11 Å². The fourth-order valence-electron chi connectivity index (χ4n) is 1.29. The molecule has 0 aromatic heterocycles. The van der Waals surface area contributed by atoms with Gasteiger partial charge < -0.3 is 10.1 Å².